The lowest BCUT2D eigenvalue weighted by Gasteiger charge is -2.07. The molecular formula is C12H17NO5S. The minimum Gasteiger partial charge on any atom is -0.495 e. The summed E-state index contributed by atoms with van der Waals surface area (Å²) in [5.41, 5.74) is 6.31. The third kappa shape index (κ3) is 5.17. The van der Waals surface area contributed by atoms with Gasteiger partial charge in [0.05, 0.1) is 30.7 Å². The van der Waals surface area contributed by atoms with Crippen LogP contribution in [0, 0.1) is 0 Å². The molecule has 0 heterocycles. The lowest BCUT2D eigenvalue weighted by atomic mass is 10.2. The molecule has 0 saturated heterocycles. The van der Waals surface area contributed by atoms with E-state index < -0.39 is 15.8 Å². The fourth-order valence-electron chi connectivity index (χ4n) is 1.43. The Kier molecular flexibility index (Phi) is 5.17. The van der Waals surface area contributed by atoms with Crippen LogP contribution in [-0.2, 0) is 14.6 Å². The fraction of sp³-hybridized carbons (Fsp3) is 0.417. The molecule has 0 unspecified atom stereocenters. The van der Waals surface area contributed by atoms with Gasteiger partial charge in [0.15, 0.2) is 0 Å². The Morgan fingerprint density at radius 2 is 2.05 bits per heavy atom. The highest BCUT2D eigenvalue weighted by Crippen LogP contribution is 2.22. The van der Waals surface area contributed by atoms with Crippen LogP contribution in [-0.4, -0.2) is 40.1 Å². The quantitative estimate of drug-likeness (QED) is 0.474. The van der Waals surface area contributed by atoms with Gasteiger partial charge < -0.3 is 15.2 Å². The molecule has 1 aromatic rings. The van der Waals surface area contributed by atoms with Crippen molar-refractivity contribution in [1.82, 2.24) is 0 Å². The van der Waals surface area contributed by atoms with Gasteiger partial charge in [-0.15, -0.1) is 0 Å². The Labute approximate surface area is 112 Å². The van der Waals surface area contributed by atoms with Gasteiger partial charge in [-0.25, -0.2) is 13.2 Å². The van der Waals surface area contributed by atoms with Gasteiger partial charge in [-0.05, 0) is 24.6 Å². The van der Waals surface area contributed by atoms with E-state index in [1.54, 1.807) is 6.07 Å². The van der Waals surface area contributed by atoms with Gasteiger partial charge in [0.1, 0.15) is 15.6 Å². The molecule has 0 amide bonds. The third-order valence-corrected chi connectivity index (χ3v) is 3.39. The molecule has 0 aliphatic rings. The van der Waals surface area contributed by atoms with Crippen molar-refractivity contribution in [3.8, 4) is 5.75 Å². The number of carbonyl (C=O) groups excluding carboxylic acids is 1. The summed E-state index contributed by atoms with van der Waals surface area (Å²) in [5.74, 6) is -0.0677. The third-order valence-electron chi connectivity index (χ3n) is 2.36. The van der Waals surface area contributed by atoms with Gasteiger partial charge in [0.25, 0.3) is 0 Å². The number of nitrogens with two attached hydrogens (primary N) is 1. The summed E-state index contributed by atoms with van der Waals surface area (Å²) < 4.78 is 31.7. The van der Waals surface area contributed by atoms with E-state index in [0.717, 1.165) is 6.26 Å². The second-order valence-electron chi connectivity index (χ2n) is 4.08. The second-order valence-corrected chi connectivity index (χ2v) is 6.34. The smallest absolute Gasteiger partial charge is 0.338 e. The van der Waals surface area contributed by atoms with Crippen LogP contribution in [0.25, 0.3) is 0 Å². The average Bonchev–Trinajstić information content (AvgIpc) is 2.33. The van der Waals surface area contributed by atoms with Gasteiger partial charge in [-0.1, -0.05) is 0 Å². The first kappa shape index (κ1) is 15.3. The molecule has 1 rings (SSSR count). The number of rotatable bonds is 6. The maximum atomic E-state index is 11.7. The highest BCUT2D eigenvalue weighted by Gasteiger charge is 2.10. The van der Waals surface area contributed by atoms with Crippen molar-refractivity contribution in [2.75, 3.05) is 31.5 Å². The van der Waals surface area contributed by atoms with E-state index in [4.69, 9.17) is 15.2 Å². The molecule has 0 bridgehead atoms. The minimum atomic E-state index is -3.03. The zero-order chi connectivity index (χ0) is 14.5. The average molecular weight is 287 g/mol. The topological polar surface area (TPSA) is 95.7 Å². The number of esters is 1. The molecule has 0 radical (unpaired) electrons. The first-order chi connectivity index (χ1) is 8.83. The van der Waals surface area contributed by atoms with E-state index >= 15 is 0 Å². The van der Waals surface area contributed by atoms with Crippen LogP contribution in [0.4, 0.5) is 5.69 Å². The number of benzene rings is 1. The van der Waals surface area contributed by atoms with E-state index in [-0.39, 0.29) is 18.8 Å². The summed E-state index contributed by atoms with van der Waals surface area (Å²) in [4.78, 5) is 11.7. The molecule has 2 N–H and O–H groups in total. The molecule has 19 heavy (non-hydrogen) atoms. The van der Waals surface area contributed by atoms with Crippen LogP contribution in [0.5, 0.6) is 5.75 Å². The van der Waals surface area contributed by atoms with E-state index in [1.807, 2.05) is 0 Å². The van der Waals surface area contributed by atoms with E-state index in [2.05, 4.69) is 0 Å². The number of carbonyl (C=O) groups is 1. The molecule has 6 nitrogen and oxygen atoms in total. The zero-order valence-corrected chi connectivity index (χ0v) is 11.7. The molecule has 0 aliphatic heterocycles. The Bertz CT molecular complexity index is 553. The summed E-state index contributed by atoms with van der Waals surface area (Å²) in [7, 11) is -1.55. The van der Waals surface area contributed by atoms with Gasteiger partial charge in [-0.2, -0.15) is 0 Å². The number of anilines is 1. The van der Waals surface area contributed by atoms with Crippen LogP contribution >= 0.6 is 0 Å². The SMILES string of the molecule is COc1ccc(C(=O)OCCCS(C)(=O)=O)cc1N. The Morgan fingerprint density at radius 3 is 2.58 bits per heavy atom. The maximum absolute atomic E-state index is 11.7. The van der Waals surface area contributed by atoms with Crippen LogP contribution in [0.15, 0.2) is 18.2 Å². The molecule has 0 aliphatic carbocycles. The van der Waals surface area contributed by atoms with Crippen molar-refractivity contribution >= 4 is 21.5 Å². The standard InChI is InChI=1S/C12H17NO5S/c1-17-11-5-4-9(8-10(11)13)12(14)18-6-3-7-19(2,15)16/h4-5,8H,3,6-7,13H2,1-2H3. The van der Waals surface area contributed by atoms with E-state index in [1.165, 1.54) is 19.2 Å². The Balaban J connectivity index is 2.52. The molecular weight excluding hydrogens is 270 g/mol. The fourth-order valence-corrected chi connectivity index (χ4v) is 2.07. The number of hydrogen-bond donors (Lipinski definition) is 1. The van der Waals surface area contributed by atoms with E-state index in [0.29, 0.717) is 17.0 Å². The summed E-state index contributed by atoms with van der Waals surface area (Å²) in [5, 5.41) is 0. The van der Waals surface area contributed by atoms with Crippen molar-refractivity contribution in [3.63, 3.8) is 0 Å². The second kappa shape index (κ2) is 6.42. The zero-order valence-electron chi connectivity index (χ0n) is 10.9. The molecule has 0 fully saturated rings. The van der Waals surface area contributed by atoms with Crippen LogP contribution in [0.1, 0.15) is 16.8 Å². The molecule has 0 spiro atoms. The monoisotopic (exact) mass is 287 g/mol. The summed E-state index contributed by atoms with van der Waals surface area (Å²) in [6.45, 7) is 0.0534. The number of sulfone groups is 1. The summed E-state index contributed by atoms with van der Waals surface area (Å²) in [6.07, 6.45) is 1.41. The normalized spacial score (nSPS) is 11.1. The van der Waals surface area contributed by atoms with Crippen molar-refractivity contribution in [1.29, 1.82) is 0 Å². The van der Waals surface area contributed by atoms with Crippen LogP contribution in [0.2, 0.25) is 0 Å². The first-order valence-electron chi connectivity index (χ1n) is 5.62. The number of hydrogen-bond acceptors (Lipinski definition) is 6. The minimum absolute atomic E-state index is 0.00890. The summed E-state index contributed by atoms with van der Waals surface area (Å²) >= 11 is 0. The maximum Gasteiger partial charge on any atom is 0.338 e. The van der Waals surface area contributed by atoms with Gasteiger partial charge in [0.2, 0.25) is 0 Å². The van der Waals surface area contributed by atoms with Gasteiger partial charge in [0, 0.05) is 6.26 Å². The van der Waals surface area contributed by atoms with Crippen molar-refractivity contribution in [2.45, 2.75) is 6.42 Å². The van der Waals surface area contributed by atoms with Crippen LogP contribution < -0.4 is 10.5 Å². The molecule has 7 heteroatoms. The predicted molar refractivity (Wildman–Crippen MR) is 72.0 cm³/mol. The van der Waals surface area contributed by atoms with Crippen LogP contribution in [0.3, 0.4) is 0 Å². The number of nitrogen functional groups attached to an aromatic ring is 1. The largest absolute Gasteiger partial charge is 0.495 e. The lowest BCUT2D eigenvalue weighted by Crippen LogP contribution is -2.11. The van der Waals surface area contributed by atoms with Gasteiger partial charge in [-0.3, -0.25) is 0 Å². The Hall–Kier alpha value is -1.76. The summed E-state index contributed by atoms with van der Waals surface area (Å²) in [6, 6.07) is 4.56. The number of ether oxygens (including phenoxy) is 2. The lowest BCUT2D eigenvalue weighted by molar-refractivity contribution is 0.0505. The predicted octanol–water partition coefficient (Wildman–Crippen LogP) is 0.869. The molecule has 1 aromatic carbocycles. The molecule has 0 saturated carbocycles. The van der Waals surface area contributed by atoms with Crippen molar-refractivity contribution in [2.24, 2.45) is 0 Å². The Morgan fingerprint density at radius 1 is 1.37 bits per heavy atom. The highest BCUT2D eigenvalue weighted by molar-refractivity contribution is 7.90. The van der Waals surface area contributed by atoms with E-state index in [9.17, 15) is 13.2 Å². The van der Waals surface area contributed by atoms with Crippen molar-refractivity contribution < 1.29 is 22.7 Å². The first-order valence-corrected chi connectivity index (χ1v) is 7.68. The number of methoxy groups -OCH3 is 1. The molecule has 0 aromatic heterocycles. The highest BCUT2D eigenvalue weighted by atomic mass is 32.2. The van der Waals surface area contributed by atoms with Crippen molar-refractivity contribution in [3.05, 3.63) is 23.8 Å². The van der Waals surface area contributed by atoms with Gasteiger partial charge >= 0.3 is 5.97 Å². The molecule has 106 valence electrons. The molecule has 0 atom stereocenters.